The first-order valence-corrected chi connectivity index (χ1v) is 4.22. The molecule has 2 heteroatoms. The zero-order chi connectivity index (χ0) is 8.27. The van der Waals surface area contributed by atoms with Crippen LogP contribution in [0.15, 0.2) is 11.3 Å². The summed E-state index contributed by atoms with van der Waals surface area (Å²) in [5.74, 6) is 0.161. The second-order valence-corrected chi connectivity index (χ2v) is 3.09. The van der Waals surface area contributed by atoms with Crippen molar-refractivity contribution in [2.45, 2.75) is 39.5 Å². The minimum Gasteiger partial charge on any atom is -0.330 e. The molecular formula is C9H15NO. The van der Waals surface area contributed by atoms with Crippen molar-refractivity contribution in [3.8, 4) is 0 Å². The number of rotatable bonds is 3. The molecule has 1 aliphatic heterocycles. The number of carbonyl (C=O) groups excluding carboxylic acids is 1. The van der Waals surface area contributed by atoms with E-state index in [4.69, 9.17) is 0 Å². The average Bonchev–Trinajstić information content (AvgIpc) is 2.26. The lowest BCUT2D eigenvalue weighted by molar-refractivity contribution is -0.118. The highest BCUT2D eigenvalue weighted by Gasteiger charge is 2.15. The molecule has 1 amide bonds. The van der Waals surface area contributed by atoms with Crippen LogP contribution >= 0.6 is 0 Å². The van der Waals surface area contributed by atoms with Crippen LogP contribution in [0.25, 0.3) is 0 Å². The summed E-state index contributed by atoms with van der Waals surface area (Å²) in [7, 11) is 0. The summed E-state index contributed by atoms with van der Waals surface area (Å²) in [4.78, 5) is 10.9. The summed E-state index contributed by atoms with van der Waals surface area (Å²) >= 11 is 0. The smallest absolute Gasteiger partial charge is 0.228 e. The monoisotopic (exact) mass is 153 g/mol. The molecule has 0 spiro atoms. The molecule has 0 aromatic carbocycles. The number of amides is 1. The zero-order valence-electron chi connectivity index (χ0n) is 7.24. The molecule has 0 saturated heterocycles. The summed E-state index contributed by atoms with van der Waals surface area (Å²) in [6.45, 7) is 4.19. The Labute approximate surface area is 67.7 Å². The molecular weight excluding hydrogens is 138 g/mol. The highest BCUT2D eigenvalue weighted by atomic mass is 16.1. The van der Waals surface area contributed by atoms with Crippen molar-refractivity contribution in [1.82, 2.24) is 5.32 Å². The molecule has 0 bridgehead atoms. The van der Waals surface area contributed by atoms with Crippen LogP contribution in [0.2, 0.25) is 0 Å². The van der Waals surface area contributed by atoms with Crippen LogP contribution in [0.3, 0.4) is 0 Å². The zero-order valence-corrected chi connectivity index (χ0v) is 7.24. The van der Waals surface area contributed by atoms with Crippen LogP contribution in [0, 0.1) is 0 Å². The second-order valence-electron chi connectivity index (χ2n) is 3.09. The van der Waals surface area contributed by atoms with Gasteiger partial charge in [0, 0.05) is 12.1 Å². The summed E-state index contributed by atoms with van der Waals surface area (Å²) < 4.78 is 0. The van der Waals surface area contributed by atoms with Gasteiger partial charge in [0.15, 0.2) is 0 Å². The normalized spacial score (nSPS) is 17.5. The molecule has 0 aromatic rings. The quantitative estimate of drug-likeness (QED) is 0.660. The molecule has 0 unspecified atom stereocenters. The van der Waals surface area contributed by atoms with Gasteiger partial charge in [-0.05, 0) is 25.3 Å². The molecule has 0 fully saturated rings. The Morgan fingerprint density at radius 2 is 2.27 bits per heavy atom. The number of allylic oxidation sites excluding steroid dienone is 1. The first-order chi connectivity index (χ1) is 5.24. The third-order valence-corrected chi connectivity index (χ3v) is 2.01. The van der Waals surface area contributed by atoms with Crippen LogP contribution < -0.4 is 5.32 Å². The Hall–Kier alpha value is -0.790. The Balaban J connectivity index is 2.44. The van der Waals surface area contributed by atoms with Gasteiger partial charge in [0.2, 0.25) is 5.91 Å². The van der Waals surface area contributed by atoms with Crippen LogP contribution in [-0.2, 0) is 4.79 Å². The van der Waals surface area contributed by atoms with E-state index in [0.717, 1.165) is 12.1 Å². The van der Waals surface area contributed by atoms with E-state index in [-0.39, 0.29) is 5.91 Å². The van der Waals surface area contributed by atoms with Gasteiger partial charge in [-0.2, -0.15) is 0 Å². The lowest BCUT2D eigenvalue weighted by Crippen LogP contribution is -2.14. The average molecular weight is 153 g/mol. The number of hydrogen-bond donors (Lipinski definition) is 1. The predicted octanol–water partition coefficient (Wildman–Crippen LogP) is 1.97. The van der Waals surface area contributed by atoms with Gasteiger partial charge >= 0.3 is 0 Å². The van der Waals surface area contributed by atoms with Crippen molar-refractivity contribution < 1.29 is 4.79 Å². The van der Waals surface area contributed by atoms with E-state index < -0.39 is 0 Å². The largest absolute Gasteiger partial charge is 0.330 e. The van der Waals surface area contributed by atoms with E-state index in [1.165, 1.54) is 18.4 Å². The second kappa shape index (κ2) is 3.56. The summed E-state index contributed by atoms with van der Waals surface area (Å²) in [5.41, 5.74) is 2.39. The van der Waals surface area contributed by atoms with Gasteiger partial charge in [0.1, 0.15) is 0 Å². The third kappa shape index (κ3) is 2.07. The fourth-order valence-corrected chi connectivity index (χ4v) is 1.30. The Morgan fingerprint density at radius 3 is 2.73 bits per heavy atom. The first-order valence-electron chi connectivity index (χ1n) is 4.22. The minimum atomic E-state index is 0.161. The number of carbonyl (C=O) groups is 1. The fraction of sp³-hybridized carbons (Fsp3) is 0.667. The lowest BCUT2D eigenvalue weighted by atomic mass is 10.1. The first kappa shape index (κ1) is 8.31. The van der Waals surface area contributed by atoms with E-state index in [1.807, 2.05) is 6.92 Å². The molecule has 1 rings (SSSR count). The third-order valence-electron chi connectivity index (χ3n) is 2.01. The van der Waals surface area contributed by atoms with Crippen molar-refractivity contribution in [3.63, 3.8) is 0 Å². The summed E-state index contributed by atoms with van der Waals surface area (Å²) in [5, 5.41) is 2.88. The van der Waals surface area contributed by atoms with Crippen molar-refractivity contribution in [2.24, 2.45) is 0 Å². The van der Waals surface area contributed by atoms with Crippen molar-refractivity contribution in [2.75, 3.05) is 0 Å². The van der Waals surface area contributed by atoms with Gasteiger partial charge < -0.3 is 5.32 Å². The number of nitrogens with one attached hydrogen (secondary N) is 1. The van der Waals surface area contributed by atoms with Crippen LogP contribution in [-0.4, -0.2) is 5.91 Å². The molecule has 0 aliphatic carbocycles. The van der Waals surface area contributed by atoms with Gasteiger partial charge in [-0.25, -0.2) is 0 Å². The molecule has 11 heavy (non-hydrogen) atoms. The molecule has 0 atom stereocenters. The summed E-state index contributed by atoms with van der Waals surface area (Å²) in [6, 6.07) is 0. The van der Waals surface area contributed by atoms with Gasteiger partial charge in [-0.15, -0.1) is 0 Å². The topological polar surface area (TPSA) is 29.1 Å². The molecule has 2 nitrogen and oxygen atoms in total. The van der Waals surface area contributed by atoms with Crippen LogP contribution in [0.4, 0.5) is 0 Å². The highest BCUT2D eigenvalue weighted by molar-refractivity contribution is 5.83. The van der Waals surface area contributed by atoms with Gasteiger partial charge in [0.25, 0.3) is 0 Å². The summed E-state index contributed by atoms with van der Waals surface area (Å²) in [6.07, 6.45) is 4.01. The standard InChI is InChI=1S/C9H15NO/c1-3-4-5-8-7(2)6-9(11)10-8/h3-6H2,1-2H3,(H,10,11). The van der Waals surface area contributed by atoms with Crippen LogP contribution in [0.5, 0.6) is 0 Å². The van der Waals surface area contributed by atoms with Crippen molar-refractivity contribution in [3.05, 3.63) is 11.3 Å². The fourth-order valence-electron chi connectivity index (χ4n) is 1.30. The Bertz CT molecular complexity index is 194. The van der Waals surface area contributed by atoms with Crippen LogP contribution in [0.1, 0.15) is 39.5 Å². The lowest BCUT2D eigenvalue weighted by Gasteiger charge is -2.01. The van der Waals surface area contributed by atoms with E-state index in [1.54, 1.807) is 0 Å². The van der Waals surface area contributed by atoms with E-state index in [9.17, 15) is 4.79 Å². The number of hydrogen-bond acceptors (Lipinski definition) is 1. The SMILES string of the molecule is CCCCC1=C(C)CC(=O)N1. The maximum Gasteiger partial charge on any atom is 0.228 e. The van der Waals surface area contributed by atoms with Gasteiger partial charge in [-0.1, -0.05) is 13.3 Å². The molecule has 1 heterocycles. The number of unbranched alkanes of at least 4 members (excludes halogenated alkanes) is 1. The van der Waals surface area contributed by atoms with Gasteiger partial charge in [0.05, 0.1) is 0 Å². The molecule has 0 aromatic heterocycles. The molecule has 0 saturated carbocycles. The minimum absolute atomic E-state index is 0.161. The van der Waals surface area contributed by atoms with E-state index in [0.29, 0.717) is 6.42 Å². The van der Waals surface area contributed by atoms with Gasteiger partial charge in [-0.3, -0.25) is 4.79 Å². The predicted molar refractivity (Wildman–Crippen MR) is 45.0 cm³/mol. The Morgan fingerprint density at radius 1 is 1.55 bits per heavy atom. The van der Waals surface area contributed by atoms with E-state index in [2.05, 4.69) is 12.2 Å². The molecule has 1 aliphatic rings. The molecule has 1 N–H and O–H groups in total. The maximum absolute atomic E-state index is 10.9. The van der Waals surface area contributed by atoms with E-state index >= 15 is 0 Å². The van der Waals surface area contributed by atoms with Crippen molar-refractivity contribution >= 4 is 5.91 Å². The highest BCUT2D eigenvalue weighted by Crippen LogP contribution is 2.18. The molecule has 0 radical (unpaired) electrons. The molecule has 62 valence electrons. The Kier molecular flexibility index (Phi) is 2.69. The van der Waals surface area contributed by atoms with Crippen molar-refractivity contribution in [1.29, 1.82) is 0 Å². The maximum atomic E-state index is 10.9.